The van der Waals surface area contributed by atoms with Gasteiger partial charge in [-0.25, -0.2) is 0 Å². The molecule has 0 heterocycles. The van der Waals surface area contributed by atoms with Gasteiger partial charge in [-0.05, 0) is 29.5 Å². The normalized spacial score (nSPS) is 11.5. The molecule has 0 aliphatic carbocycles. The summed E-state index contributed by atoms with van der Waals surface area (Å²) < 4.78 is 46.1. The quantitative estimate of drug-likeness (QED) is 0.554. The first-order valence-corrected chi connectivity index (χ1v) is 7.03. The molecule has 0 aliphatic heterocycles. The molecule has 0 spiro atoms. The molecule has 0 saturated heterocycles. The van der Waals surface area contributed by atoms with E-state index >= 15 is 0 Å². The molecule has 0 saturated carbocycles. The van der Waals surface area contributed by atoms with Gasteiger partial charge in [0, 0.05) is 11.6 Å². The third-order valence-electron chi connectivity index (χ3n) is 2.04. The van der Waals surface area contributed by atoms with Crippen LogP contribution in [0.2, 0.25) is 5.02 Å². The molecule has 19 heavy (non-hydrogen) atoms. The Balaban J connectivity index is 2.67. The molecule has 1 aromatic carbocycles. The van der Waals surface area contributed by atoms with Crippen LogP contribution in [-0.4, -0.2) is 25.0 Å². The monoisotopic (exact) mass is 334 g/mol. The van der Waals surface area contributed by atoms with E-state index in [2.05, 4.69) is 0 Å². The van der Waals surface area contributed by atoms with E-state index < -0.39 is 5.51 Å². The second-order valence-electron chi connectivity index (χ2n) is 3.39. The Morgan fingerprint density at radius 3 is 2.53 bits per heavy atom. The number of thioether (sulfide) groups is 1. The number of alkyl halides is 4. The van der Waals surface area contributed by atoms with Crippen LogP contribution in [-0.2, 0) is 5.88 Å². The van der Waals surface area contributed by atoms with Crippen LogP contribution in [0, 0.1) is 0 Å². The van der Waals surface area contributed by atoms with Crippen LogP contribution in [0.4, 0.5) is 13.2 Å². The van der Waals surface area contributed by atoms with E-state index in [-0.39, 0.29) is 40.8 Å². The molecule has 2 nitrogen and oxygen atoms in total. The minimum Gasteiger partial charge on any atom is -0.493 e. The van der Waals surface area contributed by atoms with Crippen LogP contribution < -0.4 is 9.47 Å². The van der Waals surface area contributed by atoms with Gasteiger partial charge in [-0.2, -0.15) is 13.2 Å². The highest BCUT2D eigenvalue weighted by atomic mass is 35.5. The highest BCUT2D eigenvalue weighted by Crippen LogP contribution is 2.37. The highest BCUT2D eigenvalue weighted by molar-refractivity contribution is 8.00. The summed E-state index contributed by atoms with van der Waals surface area (Å²) in [6.45, 7) is -0.125. The van der Waals surface area contributed by atoms with Crippen molar-refractivity contribution in [3.05, 3.63) is 22.7 Å². The van der Waals surface area contributed by atoms with Crippen LogP contribution in [0.5, 0.6) is 11.5 Å². The molecule has 0 atom stereocenters. The lowest BCUT2D eigenvalue weighted by molar-refractivity contribution is -0.0329. The number of hydrogen-bond donors (Lipinski definition) is 0. The smallest absolute Gasteiger partial charge is 0.441 e. The van der Waals surface area contributed by atoms with E-state index in [1.54, 1.807) is 12.1 Å². The molecule has 0 amide bonds. The maximum Gasteiger partial charge on any atom is 0.441 e. The molecule has 1 rings (SSSR count). The molecule has 8 heteroatoms. The zero-order chi connectivity index (χ0) is 14.5. The van der Waals surface area contributed by atoms with Gasteiger partial charge in [0.1, 0.15) is 0 Å². The topological polar surface area (TPSA) is 18.5 Å². The van der Waals surface area contributed by atoms with Crippen molar-refractivity contribution in [2.75, 3.05) is 19.5 Å². The fourth-order valence-electron chi connectivity index (χ4n) is 1.29. The van der Waals surface area contributed by atoms with Crippen LogP contribution in [0.15, 0.2) is 12.1 Å². The molecule has 0 N–H and O–H groups in total. The summed E-state index contributed by atoms with van der Waals surface area (Å²) in [4.78, 5) is 0. The summed E-state index contributed by atoms with van der Waals surface area (Å²) in [6.07, 6.45) is 0. The number of hydrogen-bond acceptors (Lipinski definition) is 3. The molecule has 0 fully saturated rings. The van der Waals surface area contributed by atoms with Gasteiger partial charge in [-0.3, -0.25) is 0 Å². The summed E-state index contributed by atoms with van der Waals surface area (Å²) in [5.74, 6) is 0.599. The second-order valence-corrected chi connectivity index (χ2v) is 5.22. The Hall–Kier alpha value is -0.460. The van der Waals surface area contributed by atoms with Gasteiger partial charge in [0.15, 0.2) is 11.5 Å². The number of ether oxygens (including phenoxy) is 2. The largest absolute Gasteiger partial charge is 0.493 e. The van der Waals surface area contributed by atoms with E-state index in [0.29, 0.717) is 5.75 Å². The first kappa shape index (κ1) is 16.6. The lowest BCUT2D eigenvalue weighted by Gasteiger charge is -2.13. The molecule has 0 aliphatic rings. The standard InChI is InChI=1S/C11H11Cl2F3O2S/c1-17-9-5-7(6-12)4-8(13)10(9)18-2-3-19-11(14,15)16/h4-5H,2-3,6H2,1H3. The van der Waals surface area contributed by atoms with Crippen LogP contribution in [0.1, 0.15) is 5.56 Å². The van der Waals surface area contributed by atoms with Gasteiger partial charge in [-0.1, -0.05) is 11.6 Å². The number of halogens is 5. The molecular weight excluding hydrogens is 324 g/mol. The van der Waals surface area contributed by atoms with Crippen molar-refractivity contribution >= 4 is 35.0 Å². The first-order chi connectivity index (χ1) is 8.87. The number of benzene rings is 1. The minimum atomic E-state index is -4.26. The maximum absolute atomic E-state index is 11.9. The van der Waals surface area contributed by atoms with E-state index in [0.717, 1.165) is 5.56 Å². The van der Waals surface area contributed by atoms with Crippen LogP contribution in [0.25, 0.3) is 0 Å². The molecule has 108 valence electrons. The van der Waals surface area contributed by atoms with Crippen molar-refractivity contribution in [1.29, 1.82) is 0 Å². The number of methoxy groups -OCH3 is 1. The molecule has 0 bridgehead atoms. The third kappa shape index (κ3) is 5.58. The Labute approximate surface area is 123 Å². The Bertz CT molecular complexity index is 427. The van der Waals surface area contributed by atoms with Crippen LogP contribution in [0.3, 0.4) is 0 Å². The molecule has 0 unspecified atom stereocenters. The zero-order valence-electron chi connectivity index (χ0n) is 9.89. The van der Waals surface area contributed by atoms with Crippen molar-refractivity contribution < 1.29 is 22.6 Å². The van der Waals surface area contributed by atoms with E-state index in [1.807, 2.05) is 0 Å². The van der Waals surface area contributed by atoms with Crippen LogP contribution >= 0.6 is 35.0 Å². The zero-order valence-corrected chi connectivity index (χ0v) is 12.2. The Morgan fingerprint density at radius 1 is 1.32 bits per heavy atom. The van der Waals surface area contributed by atoms with Gasteiger partial charge in [-0.15, -0.1) is 11.6 Å². The summed E-state index contributed by atoms with van der Waals surface area (Å²) in [6, 6.07) is 3.22. The fourth-order valence-corrected chi connectivity index (χ4v) is 2.13. The van der Waals surface area contributed by atoms with E-state index in [9.17, 15) is 13.2 Å². The van der Waals surface area contributed by atoms with Gasteiger partial charge in [0.25, 0.3) is 0 Å². The number of rotatable bonds is 6. The minimum absolute atomic E-state index is 0.125. The Morgan fingerprint density at radius 2 is 2.00 bits per heavy atom. The fraction of sp³-hybridized carbons (Fsp3) is 0.455. The predicted octanol–water partition coefficient (Wildman–Crippen LogP) is 4.72. The molecular formula is C11H11Cl2F3O2S. The van der Waals surface area contributed by atoms with Crippen molar-refractivity contribution in [1.82, 2.24) is 0 Å². The van der Waals surface area contributed by atoms with Crippen molar-refractivity contribution in [3.63, 3.8) is 0 Å². The van der Waals surface area contributed by atoms with Crippen molar-refractivity contribution in [3.8, 4) is 11.5 Å². The first-order valence-electron chi connectivity index (χ1n) is 5.13. The maximum atomic E-state index is 11.9. The molecule has 1 aromatic rings. The van der Waals surface area contributed by atoms with Gasteiger partial charge in [0.05, 0.1) is 18.7 Å². The summed E-state index contributed by atoms with van der Waals surface area (Å²) in [5.41, 5.74) is -3.53. The lowest BCUT2D eigenvalue weighted by atomic mass is 10.2. The summed E-state index contributed by atoms with van der Waals surface area (Å²) >= 11 is 11.5. The Kier molecular flexibility index (Phi) is 6.42. The highest BCUT2D eigenvalue weighted by Gasteiger charge is 2.27. The molecule has 0 aromatic heterocycles. The lowest BCUT2D eigenvalue weighted by Crippen LogP contribution is -2.08. The summed E-state index contributed by atoms with van der Waals surface area (Å²) in [5, 5.41) is 0.256. The van der Waals surface area contributed by atoms with Gasteiger partial charge in [0.2, 0.25) is 0 Å². The van der Waals surface area contributed by atoms with Crippen molar-refractivity contribution in [2.45, 2.75) is 11.4 Å². The SMILES string of the molecule is COc1cc(CCl)cc(Cl)c1OCCSC(F)(F)F. The van der Waals surface area contributed by atoms with E-state index in [4.69, 9.17) is 32.7 Å². The predicted molar refractivity (Wildman–Crippen MR) is 71.6 cm³/mol. The van der Waals surface area contributed by atoms with Crippen molar-refractivity contribution in [2.24, 2.45) is 0 Å². The van der Waals surface area contributed by atoms with Gasteiger partial charge >= 0.3 is 5.51 Å². The third-order valence-corrected chi connectivity index (χ3v) is 3.33. The summed E-state index contributed by atoms with van der Waals surface area (Å²) in [7, 11) is 1.42. The second kappa shape index (κ2) is 7.36. The van der Waals surface area contributed by atoms with Gasteiger partial charge < -0.3 is 9.47 Å². The average molecular weight is 335 g/mol. The average Bonchev–Trinajstić information content (AvgIpc) is 2.34. The van der Waals surface area contributed by atoms with E-state index in [1.165, 1.54) is 7.11 Å². The molecule has 0 radical (unpaired) electrons.